The summed E-state index contributed by atoms with van der Waals surface area (Å²) in [5.74, 6) is 0.279. The lowest BCUT2D eigenvalue weighted by molar-refractivity contribution is 0.306. The molecule has 0 unspecified atom stereocenters. The highest BCUT2D eigenvalue weighted by Crippen LogP contribution is 2.24. The van der Waals surface area contributed by atoms with Crippen LogP contribution in [0.1, 0.15) is 31.4 Å². The molecule has 0 aliphatic carbocycles. The van der Waals surface area contributed by atoms with Gasteiger partial charge in [0.1, 0.15) is 5.84 Å². The van der Waals surface area contributed by atoms with Crippen molar-refractivity contribution in [3.05, 3.63) is 29.3 Å². The summed E-state index contributed by atoms with van der Waals surface area (Å²) < 4.78 is 0. The molecule has 4 heteroatoms. The van der Waals surface area contributed by atoms with E-state index in [1.165, 1.54) is 16.8 Å². The maximum atomic E-state index is 8.78. The van der Waals surface area contributed by atoms with Crippen LogP contribution in [0.15, 0.2) is 23.4 Å². The molecule has 4 nitrogen and oxygen atoms in total. The van der Waals surface area contributed by atoms with Gasteiger partial charge in [0.05, 0.1) is 0 Å². The predicted molar refractivity (Wildman–Crippen MR) is 81.0 cm³/mol. The Labute approximate surface area is 115 Å². The zero-order chi connectivity index (χ0) is 14.6. The summed E-state index contributed by atoms with van der Waals surface area (Å²) in [5.41, 5.74) is 9.16. The highest BCUT2D eigenvalue weighted by atomic mass is 16.4. The van der Waals surface area contributed by atoms with Crippen molar-refractivity contribution in [2.24, 2.45) is 16.3 Å². The normalized spacial score (nSPS) is 12.6. The number of rotatable bonds is 5. The fourth-order valence-corrected chi connectivity index (χ4v) is 2.06. The minimum Gasteiger partial charge on any atom is -0.409 e. The Kier molecular flexibility index (Phi) is 4.81. The van der Waals surface area contributed by atoms with E-state index in [1.807, 2.05) is 13.8 Å². The number of aryl methyl sites for hydroxylation is 2. The first-order chi connectivity index (χ1) is 8.77. The first-order valence-corrected chi connectivity index (χ1v) is 6.54. The first-order valence-electron chi connectivity index (χ1n) is 6.54. The maximum Gasteiger partial charge on any atom is 0.144 e. The molecule has 0 saturated heterocycles. The van der Waals surface area contributed by atoms with Crippen molar-refractivity contribution in [3.63, 3.8) is 0 Å². The summed E-state index contributed by atoms with van der Waals surface area (Å²) in [6.45, 7) is 9.04. The van der Waals surface area contributed by atoms with E-state index in [2.05, 4.69) is 49.1 Å². The van der Waals surface area contributed by atoms with Crippen molar-refractivity contribution < 1.29 is 5.21 Å². The minimum absolute atomic E-state index is 0.279. The summed E-state index contributed by atoms with van der Waals surface area (Å²) >= 11 is 0. The number of nitrogens with zero attached hydrogens (tertiary/aromatic N) is 2. The Bertz CT molecular complexity index is 466. The molecule has 19 heavy (non-hydrogen) atoms. The topological polar surface area (TPSA) is 61.8 Å². The number of hydrogen-bond acceptors (Lipinski definition) is 3. The average molecular weight is 263 g/mol. The molecule has 0 amide bonds. The molecule has 1 aromatic carbocycles. The van der Waals surface area contributed by atoms with Crippen LogP contribution in [0, 0.1) is 19.3 Å². The van der Waals surface area contributed by atoms with E-state index >= 15 is 0 Å². The minimum atomic E-state index is -0.304. The SMILES string of the molecule is Cc1ccc(N(C)CCC(C)(C)C(N)=NO)c(C)c1. The maximum absolute atomic E-state index is 8.78. The zero-order valence-corrected chi connectivity index (χ0v) is 12.6. The number of hydrogen-bond donors (Lipinski definition) is 2. The third-order valence-corrected chi connectivity index (χ3v) is 3.64. The molecule has 0 aromatic heterocycles. The van der Waals surface area contributed by atoms with Gasteiger partial charge in [0, 0.05) is 24.7 Å². The first kappa shape index (κ1) is 15.3. The van der Waals surface area contributed by atoms with Gasteiger partial charge in [-0.1, -0.05) is 36.7 Å². The van der Waals surface area contributed by atoms with Gasteiger partial charge in [-0.25, -0.2) is 0 Å². The second-order valence-electron chi connectivity index (χ2n) is 5.83. The van der Waals surface area contributed by atoms with Gasteiger partial charge in [0.25, 0.3) is 0 Å². The van der Waals surface area contributed by atoms with E-state index in [9.17, 15) is 0 Å². The molecule has 0 saturated carbocycles. The Balaban J connectivity index is 2.73. The second kappa shape index (κ2) is 5.95. The Morgan fingerprint density at radius 2 is 2.00 bits per heavy atom. The quantitative estimate of drug-likeness (QED) is 0.371. The van der Waals surface area contributed by atoms with Crippen LogP contribution in [-0.4, -0.2) is 24.6 Å². The fraction of sp³-hybridized carbons (Fsp3) is 0.533. The van der Waals surface area contributed by atoms with Crippen molar-refractivity contribution in [3.8, 4) is 0 Å². The molecule has 0 aliphatic rings. The highest BCUT2D eigenvalue weighted by molar-refractivity contribution is 5.85. The lowest BCUT2D eigenvalue weighted by Crippen LogP contribution is -2.35. The average Bonchev–Trinajstić information content (AvgIpc) is 2.35. The van der Waals surface area contributed by atoms with E-state index in [4.69, 9.17) is 10.9 Å². The largest absolute Gasteiger partial charge is 0.409 e. The number of benzene rings is 1. The van der Waals surface area contributed by atoms with Gasteiger partial charge < -0.3 is 15.8 Å². The van der Waals surface area contributed by atoms with Crippen molar-refractivity contribution in [2.75, 3.05) is 18.5 Å². The van der Waals surface area contributed by atoms with Crippen LogP contribution in [0.3, 0.4) is 0 Å². The molecule has 1 aromatic rings. The van der Waals surface area contributed by atoms with E-state index in [1.54, 1.807) is 0 Å². The van der Waals surface area contributed by atoms with Crippen LogP contribution >= 0.6 is 0 Å². The smallest absolute Gasteiger partial charge is 0.144 e. The lowest BCUT2D eigenvalue weighted by atomic mass is 9.88. The molecule has 0 spiro atoms. The van der Waals surface area contributed by atoms with Gasteiger partial charge in [-0.05, 0) is 31.9 Å². The summed E-state index contributed by atoms with van der Waals surface area (Å²) in [6, 6.07) is 6.44. The molecule has 0 aliphatic heterocycles. The van der Waals surface area contributed by atoms with Crippen LogP contribution in [0.25, 0.3) is 0 Å². The number of anilines is 1. The van der Waals surface area contributed by atoms with Crippen LogP contribution in [0.4, 0.5) is 5.69 Å². The molecule has 0 radical (unpaired) electrons. The van der Waals surface area contributed by atoms with Gasteiger partial charge in [-0.3, -0.25) is 0 Å². The summed E-state index contributed by atoms with van der Waals surface area (Å²) in [6.07, 6.45) is 0.826. The van der Waals surface area contributed by atoms with E-state index in [0.29, 0.717) is 0 Å². The molecule has 1 rings (SSSR count). The van der Waals surface area contributed by atoms with Gasteiger partial charge in [0.15, 0.2) is 0 Å². The second-order valence-corrected chi connectivity index (χ2v) is 5.83. The van der Waals surface area contributed by atoms with Crippen LogP contribution in [0.2, 0.25) is 0 Å². The third-order valence-electron chi connectivity index (χ3n) is 3.64. The summed E-state index contributed by atoms with van der Waals surface area (Å²) in [7, 11) is 2.07. The molecule has 3 N–H and O–H groups in total. The van der Waals surface area contributed by atoms with Gasteiger partial charge >= 0.3 is 0 Å². The van der Waals surface area contributed by atoms with Crippen molar-refractivity contribution in [1.29, 1.82) is 0 Å². The van der Waals surface area contributed by atoms with Crippen LogP contribution < -0.4 is 10.6 Å². The lowest BCUT2D eigenvalue weighted by Gasteiger charge is -2.28. The molecule has 0 bridgehead atoms. The molecular weight excluding hydrogens is 238 g/mol. The van der Waals surface area contributed by atoms with E-state index in [0.717, 1.165) is 13.0 Å². The highest BCUT2D eigenvalue weighted by Gasteiger charge is 2.24. The van der Waals surface area contributed by atoms with Crippen molar-refractivity contribution in [2.45, 2.75) is 34.1 Å². The fourth-order valence-electron chi connectivity index (χ4n) is 2.06. The van der Waals surface area contributed by atoms with Crippen molar-refractivity contribution >= 4 is 11.5 Å². The molecule has 0 atom stereocenters. The molecule has 0 fully saturated rings. The van der Waals surface area contributed by atoms with Crippen LogP contribution in [-0.2, 0) is 0 Å². The molecular formula is C15H25N3O. The zero-order valence-electron chi connectivity index (χ0n) is 12.6. The summed E-state index contributed by atoms with van der Waals surface area (Å²) in [4.78, 5) is 2.21. The Morgan fingerprint density at radius 3 is 2.53 bits per heavy atom. The van der Waals surface area contributed by atoms with Gasteiger partial charge in [-0.2, -0.15) is 0 Å². The van der Waals surface area contributed by atoms with Gasteiger partial charge in [-0.15, -0.1) is 0 Å². The standard InChI is InChI=1S/C15H25N3O/c1-11-6-7-13(12(2)10-11)18(5)9-8-15(3,4)14(16)17-19/h6-7,10,19H,8-9H2,1-5H3,(H2,16,17). The molecule has 106 valence electrons. The number of nitrogens with two attached hydrogens (primary N) is 1. The number of amidine groups is 1. The third kappa shape index (κ3) is 3.88. The van der Waals surface area contributed by atoms with Crippen molar-refractivity contribution in [1.82, 2.24) is 0 Å². The monoisotopic (exact) mass is 263 g/mol. The Morgan fingerprint density at radius 1 is 1.37 bits per heavy atom. The summed E-state index contributed by atoms with van der Waals surface area (Å²) in [5, 5.41) is 11.9. The molecule has 0 heterocycles. The van der Waals surface area contributed by atoms with Crippen LogP contribution in [0.5, 0.6) is 0 Å². The van der Waals surface area contributed by atoms with E-state index < -0.39 is 0 Å². The predicted octanol–water partition coefficient (Wildman–Crippen LogP) is 2.90. The van der Waals surface area contributed by atoms with Gasteiger partial charge in [0.2, 0.25) is 0 Å². The number of oxime groups is 1. The Hall–Kier alpha value is -1.71. The van der Waals surface area contributed by atoms with E-state index in [-0.39, 0.29) is 11.3 Å².